The van der Waals surface area contributed by atoms with Crippen LogP contribution in [0.2, 0.25) is 0 Å². The van der Waals surface area contributed by atoms with Crippen molar-refractivity contribution in [2.75, 3.05) is 19.5 Å². The van der Waals surface area contributed by atoms with Crippen molar-refractivity contribution in [3.05, 3.63) is 94.5 Å². The van der Waals surface area contributed by atoms with Crippen LogP contribution in [0.3, 0.4) is 0 Å². The van der Waals surface area contributed by atoms with Crippen molar-refractivity contribution in [3.63, 3.8) is 0 Å². The number of nitrogens with zero attached hydrogens (tertiary/aromatic N) is 1. The molecule has 0 N–H and O–H groups in total. The van der Waals surface area contributed by atoms with Gasteiger partial charge in [0, 0.05) is 5.33 Å². The summed E-state index contributed by atoms with van der Waals surface area (Å²) in [5.41, 5.74) is 4.45. The van der Waals surface area contributed by atoms with E-state index in [1.807, 2.05) is 48.5 Å². The van der Waals surface area contributed by atoms with Gasteiger partial charge in [0.25, 0.3) is 11.8 Å². The molecule has 0 atom stereocenters. The topological polar surface area (TPSA) is 55.8 Å². The number of carbonyl (C=O) groups is 2. The molecule has 0 spiro atoms. The average molecular weight is 623 g/mol. The standard InChI is InChI=1S/C22H25NO3.C13H19BrO/c1-3-4-5-6-8-17-9-7-10-19-20(17)22(25)23(21(19)24)15-16-11-13-18(26-2)14-12-16;1-15-13-9-7-12(8-10-13)6-4-2-3-5-11-14/h7,9-14H,3-6,8,15H2,1-2H3;7-10H,2-6,11H2,1H3. The van der Waals surface area contributed by atoms with E-state index in [1.165, 1.54) is 55.4 Å². The van der Waals surface area contributed by atoms with Gasteiger partial charge in [-0.15, -0.1) is 0 Å². The maximum atomic E-state index is 12.9. The molecule has 4 rings (SSSR count). The Morgan fingerprint density at radius 2 is 1.24 bits per heavy atom. The van der Waals surface area contributed by atoms with Crippen molar-refractivity contribution in [1.82, 2.24) is 4.90 Å². The highest BCUT2D eigenvalue weighted by Crippen LogP contribution is 2.29. The lowest BCUT2D eigenvalue weighted by Crippen LogP contribution is -2.29. The molecule has 3 aromatic rings. The van der Waals surface area contributed by atoms with Gasteiger partial charge in [0.05, 0.1) is 31.9 Å². The first-order chi connectivity index (χ1) is 20.0. The van der Waals surface area contributed by atoms with E-state index in [1.54, 1.807) is 20.3 Å². The number of unbranched alkanes of at least 4 members (excludes halogenated alkanes) is 6. The third-order valence-electron chi connectivity index (χ3n) is 7.39. The SMILES string of the molecule is CCCCCCc1cccc2c1C(=O)N(Cc1ccc(OC)cc1)C2=O.COc1ccc(CCCCCCBr)cc1. The molecule has 0 aliphatic carbocycles. The van der Waals surface area contributed by atoms with Crippen LogP contribution in [0.15, 0.2) is 66.7 Å². The highest BCUT2D eigenvalue weighted by Gasteiger charge is 2.36. The van der Waals surface area contributed by atoms with Crippen LogP contribution in [0.1, 0.15) is 95.7 Å². The summed E-state index contributed by atoms with van der Waals surface area (Å²) >= 11 is 3.45. The summed E-state index contributed by atoms with van der Waals surface area (Å²) in [7, 11) is 3.32. The van der Waals surface area contributed by atoms with Gasteiger partial charge in [-0.2, -0.15) is 0 Å². The Morgan fingerprint density at radius 3 is 1.85 bits per heavy atom. The molecule has 0 unspecified atom stereocenters. The van der Waals surface area contributed by atoms with E-state index in [2.05, 4.69) is 35.0 Å². The van der Waals surface area contributed by atoms with Crippen LogP contribution in [0, 0.1) is 0 Å². The van der Waals surface area contributed by atoms with Crippen LogP contribution in [-0.2, 0) is 19.4 Å². The van der Waals surface area contributed by atoms with E-state index in [9.17, 15) is 9.59 Å². The van der Waals surface area contributed by atoms with Crippen LogP contribution < -0.4 is 9.47 Å². The van der Waals surface area contributed by atoms with E-state index in [0.717, 1.165) is 47.2 Å². The number of hydrogen-bond donors (Lipinski definition) is 0. The van der Waals surface area contributed by atoms with Crippen molar-refractivity contribution >= 4 is 27.7 Å². The summed E-state index contributed by atoms with van der Waals surface area (Å²) in [4.78, 5) is 27.0. The minimum atomic E-state index is -0.198. The highest BCUT2D eigenvalue weighted by atomic mass is 79.9. The first kappa shape index (κ1) is 32.4. The monoisotopic (exact) mass is 621 g/mol. The smallest absolute Gasteiger partial charge is 0.262 e. The number of aryl methyl sites for hydroxylation is 2. The number of amides is 2. The molecule has 6 heteroatoms. The predicted octanol–water partition coefficient (Wildman–Crippen LogP) is 8.81. The molecule has 1 aliphatic rings. The first-order valence-corrected chi connectivity index (χ1v) is 15.9. The summed E-state index contributed by atoms with van der Waals surface area (Å²) in [6, 6.07) is 21.5. The molecule has 0 aromatic heterocycles. The fraction of sp³-hybridized carbons (Fsp3) is 0.429. The van der Waals surface area contributed by atoms with Gasteiger partial charge < -0.3 is 9.47 Å². The second-order valence-corrected chi connectivity index (χ2v) is 11.2. The molecule has 41 heavy (non-hydrogen) atoms. The van der Waals surface area contributed by atoms with Gasteiger partial charge >= 0.3 is 0 Å². The van der Waals surface area contributed by atoms with Crippen LogP contribution in [-0.4, -0.2) is 36.3 Å². The molecule has 0 saturated carbocycles. The Morgan fingerprint density at radius 1 is 0.659 bits per heavy atom. The summed E-state index contributed by atoms with van der Waals surface area (Å²) < 4.78 is 10.3. The van der Waals surface area contributed by atoms with E-state index in [0.29, 0.717) is 11.1 Å². The molecule has 1 heterocycles. The van der Waals surface area contributed by atoms with Crippen LogP contribution in [0.4, 0.5) is 0 Å². The molecular formula is C35H44BrNO4. The fourth-order valence-corrected chi connectivity index (χ4v) is 5.38. The summed E-state index contributed by atoms with van der Waals surface area (Å²) in [6.45, 7) is 2.46. The van der Waals surface area contributed by atoms with Crippen LogP contribution in [0.25, 0.3) is 0 Å². The third kappa shape index (κ3) is 9.74. The molecule has 5 nitrogen and oxygen atoms in total. The Bertz CT molecular complexity index is 1220. The highest BCUT2D eigenvalue weighted by molar-refractivity contribution is 9.09. The Labute approximate surface area is 254 Å². The van der Waals surface area contributed by atoms with Gasteiger partial charge in [0.1, 0.15) is 11.5 Å². The molecular weight excluding hydrogens is 578 g/mol. The van der Waals surface area contributed by atoms with Crippen molar-refractivity contribution in [1.29, 1.82) is 0 Å². The quantitative estimate of drug-likeness (QED) is 0.0966. The number of fused-ring (bicyclic) bond motifs is 1. The average Bonchev–Trinajstić information content (AvgIpc) is 3.25. The van der Waals surface area contributed by atoms with E-state index >= 15 is 0 Å². The third-order valence-corrected chi connectivity index (χ3v) is 7.95. The largest absolute Gasteiger partial charge is 0.497 e. The molecule has 220 valence electrons. The molecule has 0 radical (unpaired) electrons. The number of halogens is 1. The van der Waals surface area contributed by atoms with E-state index in [-0.39, 0.29) is 18.4 Å². The van der Waals surface area contributed by atoms with Crippen molar-refractivity contribution in [2.24, 2.45) is 0 Å². The van der Waals surface area contributed by atoms with Crippen molar-refractivity contribution < 1.29 is 19.1 Å². The zero-order valence-electron chi connectivity index (χ0n) is 24.8. The van der Waals surface area contributed by atoms with Crippen LogP contribution >= 0.6 is 15.9 Å². The molecule has 1 aliphatic heterocycles. The van der Waals surface area contributed by atoms with Crippen molar-refractivity contribution in [3.8, 4) is 11.5 Å². The summed E-state index contributed by atoms with van der Waals surface area (Å²) in [5.74, 6) is 1.33. The number of imide groups is 1. The Balaban J connectivity index is 0.000000263. The van der Waals surface area contributed by atoms with Gasteiger partial charge in [-0.25, -0.2) is 0 Å². The molecule has 0 bridgehead atoms. The number of benzene rings is 3. The number of ether oxygens (including phenoxy) is 2. The lowest BCUT2D eigenvalue weighted by molar-refractivity contribution is 0.0642. The summed E-state index contributed by atoms with van der Waals surface area (Å²) in [5, 5.41) is 1.13. The second-order valence-electron chi connectivity index (χ2n) is 10.4. The van der Waals surface area contributed by atoms with Crippen LogP contribution in [0.5, 0.6) is 11.5 Å². The van der Waals surface area contributed by atoms with Gasteiger partial charge in [-0.1, -0.05) is 91.4 Å². The van der Waals surface area contributed by atoms with Gasteiger partial charge in [-0.05, 0) is 79.1 Å². The molecule has 0 fully saturated rings. The maximum absolute atomic E-state index is 12.9. The van der Waals surface area contributed by atoms with Gasteiger partial charge in [0.15, 0.2) is 0 Å². The normalized spacial score (nSPS) is 12.1. The summed E-state index contributed by atoms with van der Waals surface area (Å²) in [6.07, 6.45) is 11.9. The molecule has 0 saturated heterocycles. The first-order valence-electron chi connectivity index (χ1n) is 14.8. The predicted molar refractivity (Wildman–Crippen MR) is 170 cm³/mol. The van der Waals surface area contributed by atoms with Gasteiger partial charge in [-0.3, -0.25) is 14.5 Å². The lowest BCUT2D eigenvalue weighted by atomic mass is 9.98. The zero-order valence-corrected chi connectivity index (χ0v) is 26.4. The Kier molecular flexibility index (Phi) is 13.9. The minimum absolute atomic E-state index is 0.174. The molecule has 2 amide bonds. The lowest BCUT2D eigenvalue weighted by Gasteiger charge is -2.14. The number of hydrogen-bond acceptors (Lipinski definition) is 4. The number of rotatable bonds is 15. The number of alkyl halides is 1. The number of carbonyl (C=O) groups excluding carboxylic acids is 2. The minimum Gasteiger partial charge on any atom is -0.497 e. The zero-order chi connectivity index (χ0) is 29.5. The maximum Gasteiger partial charge on any atom is 0.262 e. The van der Waals surface area contributed by atoms with Gasteiger partial charge in [0.2, 0.25) is 0 Å². The fourth-order valence-electron chi connectivity index (χ4n) is 4.98. The second kappa shape index (κ2) is 17.6. The molecule has 3 aromatic carbocycles. The Hall–Kier alpha value is -3.12. The van der Waals surface area contributed by atoms with Crippen molar-refractivity contribution in [2.45, 2.75) is 77.7 Å². The number of methoxy groups -OCH3 is 2. The van der Waals surface area contributed by atoms with E-state index < -0.39 is 0 Å². The van der Waals surface area contributed by atoms with E-state index in [4.69, 9.17) is 9.47 Å².